The number of para-hydroxylation sites is 2. The third-order valence-electron chi connectivity index (χ3n) is 10.7. The van der Waals surface area contributed by atoms with Gasteiger partial charge in [-0.1, -0.05) is 170 Å². The SMILES string of the molecule is c1ccc(-c2cc(-c3ccccc3)cc(N(c3ccc(-c4ccc(-c5cccc6ccccc56)cc4)cc3)c3ccccc3-c3cc4ccccc4o3)c2)cc1. The van der Waals surface area contributed by atoms with Crippen LogP contribution in [0.1, 0.15) is 0 Å². The number of anilines is 3. The van der Waals surface area contributed by atoms with E-state index >= 15 is 0 Å². The normalized spacial score (nSPS) is 11.2. The molecule has 0 aliphatic carbocycles. The van der Waals surface area contributed by atoms with Gasteiger partial charge in [0.05, 0.1) is 5.69 Å². The molecule has 0 saturated carbocycles. The summed E-state index contributed by atoms with van der Waals surface area (Å²) in [5.74, 6) is 0.831. The number of rotatable bonds is 8. The fraction of sp³-hybridized carbons (Fsp3) is 0. The molecule has 9 aromatic carbocycles. The van der Waals surface area contributed by atoms with Gasteiger partial charge in [0.2, 0.25) is 0 Å². The topological polar surface area (TPSA) is 16.4 Å². The first-order valence-corrected chi connectivity index (χ1v) is 19.1. The maximum absolute atomic E-state index is 6.52. The Hall–Kier alpha value is -7.42. The summed E-state index contributed by atoms with van der Waals surface area (Å²) in [5, 5.41) is 3.60. The van der Waals surface area contributed by atoms with Gasteiger partial charge < -0.3 is 9.32 Å². The van der Waals surface area contributed by atoms with Crippen molar-refractivity contribution in [3.63, 3.8) is 0 Å². The first-order valence-electron chi connectivity index (χ1n) is 19.1. The smallest absolute Gasteiger partial charge is 0.137 e. The molecule has 0 bridgehead atoms. The number of hydrogen-bond donors (Lipinski definition) is 0. The second-order valence-corrected chi connectivity index (χ2v) is 14.2. The minimum absolute atomic E-state index is 0.831. The van der Waals surface area contributed by atoms with E-state index in [2.05, 4.69) is 217 Å². The van der Waals surface area contributed by atoms with E-state index in [0.717, 1.165) is 56.0 Å². The lowest BCUT2D eigenvalue weighted by molar-refractivity contribution is 0.631. The molecule has 0 unspecified atom stereocenters. The highest BCUT2D eigenvalue weighted by molar-refractivity contribution is 5.97. The van der Waals surface area contributed by atoms with Crippen LogP contribution in [0.15, 0.2) is 229 Å². The molecular formula is C54H37NO. The van der Waals surface area contributed by atoms with Crippen LogP contribution in [0.2, 0.25) is 0 Å². The van der Waals surface area contributed by atoms with Crippen LogP contribution in [0.3, 0.4) is 0 Å². The van der Waals surface area contributed by atoms with Gasteiger partial charge in [0.25, 0.3) is 0 Å². The van der Waals surface area contributed by atoms with Crippen LogP contribution >= 0.6 is 0 Å². The zero-order valence-corrected chi connectivity index (χ0v) is 30.7. The molecule has 2 heteroatoms. The summed E-state index contributed by atoms with van der Waals surface area (Å²) in [4.78, 5) is 2.37. The molecule has 264 valence electrons. The van der Waals surface area contributed by atoms with Crippen LogP contribution in [-0.2, 0) is 0 Å². The summed E-state index contributed by atoms with van der Waals surface area (Å²) in [5.41, 5.74) is 14.4. The summed E-state index contributed by atoms with van der Waals surface area (Å²) in [6.07, 6.45) is 0. The molecular weight excluding hydrogens is 679 g/mol. The van der Waals surface area contributed by atoms with E-state index in [9.17, 15) is 0 Å². The van der Waals surface area contributed by atoms with Gasteiger partial charge in [-0.15, -0.1) is 0 Å². The van der Waals surface area contributed by atoms with Gasteiger partial charge >= 0.3 is 0 Å². The van der Waals surface area contributed by atoms with Crippen LogP contribution in [0.5, 0.6) is 0 Å². The van der Waals surface area contributed by atoms with Gasteiger partial charge in [-0.3, -0.25) is 0 Å². The highest BCUT2D eigenvalue weighted by atomic mass is 16.3. The Bertz CT molecular complexity index is 2850. The maximum Gasteiger partial charge on any atom is 0.137 e. The zero-order valence-electron chi connectivity index (χ0n) is 30.7. The molecule has 0 saturated heterocycles. The van der Waals surface area contributed by atoms with Crippen molar-refractivity contribution in [3.8, 4) is 55.8 Å². The Morgan fingerprint density at radius 2 is 0.821 bits per heavy atom. The van der Waals surface area contributed by atoms with Crippen molar-refractivity contribution in [2.24, 2.45) is 0 Å². The minimum Gasteiger partial charge on any atom is -0.456 e. The predicted octanol–water partition coefficient (Wildman–Crippen LogP) is 15.4. The minimum atomic E-state index is 0.831. The van der Waals surface area contributed by atoms with Crippen LogP contribution in [0.4, 0.5) is 17.1 Å². The molecule has 1 aromatic heterocycles. The highest BCUT2D eigenvalue weighted by Crippen LogP contribution is 2.45. The van der Waals surface area contributed by atoms with Crippen molar-refractivity contribution in [1.82, 2.24) is 0 Å². The third kappa shape index (κ3) is 6.34. The summed E-state index contributed by atoms with van der Waals surface area (Å²) in [7, 11) is 0. The molecule has 0 N–H and O–H groups in total. The largest absolute Gasteiger partial charge is 0.456 e. The van der Waals surface area contributed by atoms with Gasteiger partial charge in [-0.2, -0.15) is 0 Å². The second-order valence-electron chi connectivity index (χ2n) is 14.2. The average molecular weight is 716 g/mol. The number of nitrogens with zero attached hydrogens (tertiary/aromatic N) is 1. The van der Waals surface area contributed by atoms with E-state index in [-0.39, 0.29) is 0 Å². The lowest BCUT2D eigenvalue weighted by Gasteiger charge is -2.28. The van der Waals surface area contributed by atoms with Crippen LogP contribution in [0.25, 0.3) is 77.6 Å². The zero-order chi connectivity index (χ0) is 37.3. The number of hydrogen-bond acceptors (Lipinski definition) is 2. The Morgan fingerprint density at radius 3 is 1.52 bits per heavy atom. The van der Waals surface area contributed by atoms with Gasteiger partial charge in [-0.25, -0.2) is 0 Å². The molecule has 0 atom stereocenters. The molecule has 0 aliphatic rings. The van der Waals surface area contributed by atoms with E-state index in [0.29, 0.717) is 0 Å². The van der Waals surface area contributed by atoms with Gasteiger partial charge in [-0.05, 0) is 110 Å². The van der Waals surface area contributed by atoms with Gasteiger partial charge in [0.15, 0.2) is 0 Å². The predicted molar refractivity (Wildman–Crippen MR) is 236 cm³/mol. The van der Waals surface area contributed by atoms with Crippen molar-refractivity contribution in [3.05, 3.63) is 224 Å². The fourth-order valence-corrected chi connectivity index (χ4v) is 7.88. The monoisotopic (exact) mass is 715 g/mol. The number of furan rings is 1. The van der Waals surface area contributed by atoms with Crippen molar-refractivity contribution in [2.45, 2.75) is 0 Å². The van der Waals surface area contributed by atoms with E-state index < -0.39 is 0 Å². The highest BCUT2D eigenvalue weighted by Gasteiger charge is 2.21. The van der Waals surface area contributed by atoms with E-state index in [4.69, 9.17) is 4.42 Å². The Morgan fingerprint density at radius 1 is 0.304 bits per heavy atom. The van der Waals surface area contributed by atoms with Gasteiger partial charge in [0, 0.05) is 22.3 Å². The second kappa shape index (κ2) is 14.4. The van der Waals surface area contributed by atoms with E-state index in [1.54, 1.807) is 0 Å². The third-order valence-corrected chi connectivity index (χ3v) is 10.7. The maximum atomic E-state index is 6.52. The number of benzene rings is 9. The molecule has 0 fully saturated rings. The average Bonchev–Trinajstić information content (AvgIpc) is 3.72. The Balaban J connectivity index is 1.11. The first kappa shape index (κ1) is 33.2. The molecule has 0 radical (unpaired) electrons. The van der Waals surface area contributed by atoms with Gasteiger partial charge in [0.1, 0.15) is 11.3 Å². The molecule has 56 heavy (non-hydrogen) atoms. The number of fused-ring (bicyclic) bond motifs is 2. The Labute approximate surface area is 327 Å². The molecule has 10 rings (SSSR count). The summed E-state index contributed by atoms with van der Waals surface area (Å²) in [6.45, 7) is 0. The first-order chi connectivity index (χ1) is 27.7. The lowest BCUT2D eigenvalue weighted by Crippen LogP contribution is -2.11. The summed E-state index contributed by atoms with van der Waals surface area (Å²) in [6, 6.07) is 80.1. The van der Waals surface area contributed by atoms with Crippen molar-refractivity contribution in [1.29, 1.82) is 0 Å². The quantitative estimate of drug-likeness (QED) is 0.156. The summed E-state index contributed by atoms with van der Waals surface area (Å²) >= 11 is 0. The summed E-state index contributed by atoms with van der Waals surface area (Å²) < 4.78 is 6.52. The van der Waals surface area contributed by atoms with Crippen molar-refractivity contribution < 1.29 is 4.42 Å². The van der Waals surface area contributed by atoms with Crippen LogP contribution < -0.4 is 4.90 Å². The van der Waals surface area contributed by atoms with Crippen molar-refractivity contribution in [2.75, 3.05) is 4.90 Å². The lowest BCUT2D eigenvalue weighted by atomic mass is 9.96. The fourth-order valence-electron chi connectivity index (χ4n) is 7.88. The van der Waals surface area contributed by atoms with Crippen LogP contribution in [0, 0.1) is 0 Å². The molecule has 2 nitrogen and oxygen atoms in total. The Kier molecular flexibility index (Phi) is 8.55. The van der Waals surface area contributed by atoms with Crippen LogP contribution in [-0.4, -0.2) is 0 Å². The van der Waals surface area contributed by atoms with Crippen molar-refractivity contribution >= 4 is 38.8 Å². The van der Waals surface area contributed by atoms with E-state index in [1.165, 1.54) is 38.6 Å². The molecule has 10 aromatic rings. The molecule has 0 aliphatic heterocycles. The molecule has 0 spiro atoms. The van der Waals surface area contributed by atoms with E-state index in [1.807, 2.05) is 12.1 Å². The molecule has 1 heterocycles. The standard InChI is InChI=1S/C54H37NO/c1-3-14-38(15-4-1)45-34-46(39-16-5-2-6-17-39)36-48(35-45)55(52-24-11-10-22-51(52)54-37-44-19-8-12-25-53(44)56-54)47-32-30-41(31-33-47)40-26-28-43(29-27-40)50-23-13-20-42-18-7-9-21-49(42)50/h1-37H. The molecule has 0 amide bonds.